The van der Waals surface area contributed by atoms with E-state index in [-0.39, 0.29) is 5.91 Å². The van der Waals surface area contributed by atoms with Gasteiger partial charge in [0, 0.05) is 21.9 Å². The number of carbonyl (C=O) groups excluding carboxylic acids is 1. The molecule has 0 heterocycles. The largest absolute Gasteiger partial charge is 0.321 e. The molecule has 3 rings (SSSR count). The first-order chi connectivity index (χ1) is 13.4. The van der Waals surface area contributed by atoms with Crippen molar-refractivity contribution in [1.29, 1.82) is 0 Å². The summed E-state index contributed by atoms with van der Waals surface area (Å²) in [6.45, 7) is 8.42. The minimum atomic E-state index is -0.0612. The molecular weight excluding hydrogens is 362 g/mol. The lowest BCUT2D eigenvalue weighted by molar-refractivity contribution is 0.102. The van der Waals surface area contributed by atoms with E-state index >= 15 is 0 Å². The maximum atomic E-state index is 12.7. The lowest BCUT2D eigenvalue weighted by atomic mass is 9.98. The maximum absolute atomic E-state index is 12.7. The molecule has 0 atom stereocenters. The summed E-state index contributed by atoms with van der Waals surface area (Å²) in [5.41, 5.74) is 6.35. The molecule has 0 aliphatic carbocycles. The van der Waals surface area contributed by atoms with E-state index in [1.165, 1.54) is 21.6 Å². The second-order valence-corrected chi connectivity index (χ2v) is 8.50. The van der Waals surface area contributed by atoms with Crippen LogP contribution in [0.25, 0.3) is 0 Å². The van der Waals surface area contributed by atoms with Crippen molar-refractivity contribution in [3.63, 3.8) is 0 Å². The Morgan fingerprint density at radius 3 is 2.25 bits per heavy atom. The number of carbonyl (C=O) groups is 1. The van der Waals surface area contributed by atoms with Gasteiger partial charge >= 0.3 is 0 Å². The summed E-state index contributed by atoms with van der Waals surface area (Å²) in [4.78, 5) is 14.0. The molecule has 3 heteroatoms. The standard InChI is InChI=1S/C25H27NOS/c1-17(2)23-7-5-6-19(4)24(23)26-25(27)21-12-10-20(11-13-21)16-28-22-14-8-18(3)9-15-22/h5-15,17H,16H2,1-4H3,(H,26,27). The Bertz CT molecular complexity index is 943. The molecule has 0 spiro atoms. The van der Waals surface area contributed by atoms with Crippen LogP contribution >= 0.6 is 11.8 Å². The first-order valence-electron chi connectivity index (χ1n) is 9.63. The van der Waals surface area contributed by atoms with Crippen molar-refractivity contribution in [3.8, 4) is 0 Å². The zero-order chi connectivity index (χ0) is 20.1. The van der Waals surface area contributed by atoms with Gasteiger partial charge in [-0.15, -0.1) is 11.8 Å². The van der Waals surface area contributed by atoms with E-state index in [2.05, 4.69) is 56.4 Å². The average molecular weight is 390 g/mol. The molecule has 0 aromatic heterocycles. The predicted octanol–water partition coefficient (Wildman–Crippen LogP) is 6.97. The van der Waals surface area contributed by atoms with E-state index in [9.17, 15) is 4.79 Å². The van der Waals surface area contributed by atoms with E-state index in [0.29, 0.717) is 11.5 Å². The highest BCUT2D eigenvalue weighted by atomic mass is 32.2. The van der Waals surface area contributed by atoms with Crippen molar-refractivity contribution in [2.45, 2.75) is 44.3 Å². The topological polar surface area (TPSA) is 29.1 Å². The molecular formula is C25H27NOS. The molecule has 0 fully saturated rings. The minimum absolute atomic E-state index is 0.0612. The molecule has 1 amide bonds. The van der Waals surface area contributed by atoms with Gasteiger partial charge in [-0.1, -0.05) is 61.9 Å². The number of benzene rings is 3. The van der Waals surface area contributed by atoms with Gasteiger partial charge in [-0.3, -0.25) is 4.79 Å². The number of rotatable bonds is 6. The van der Waals surface area contributed by atoms with Crippen molar-refractivity contribution >= 4 is 23.4 Å². The lowest BCUT2D eigenvalue weighted by Crippen LogP contribution is -2.14. The molecule has 28 heavy (non-hydrogen) atoms. The first kappa shape index (κ1) is 20.2. The zero-order valence-corrected chi connectivity index (χ0v) is 17.8. The molecule has 144 valence electrons. The number of nitrogens with one attached hydrogen (secondary N) is 1. The highest BCUT2D eigenvalue weighted by Crippen LogP contribution is 2.28. The van der Waals surface area contributed by atoms with Gasteiger partial charge in [0.2, 0.25) is 0 Å². The van der Waals surface area contributed by atoms with Crippen molar-refractivity contribution in [1.82, 2.24) is 0 Å². The second-order valence-electron chi connectivity index (χ2n) is 7.45. The van der Waals surface area contributed by atoms with Crippen LogP contribution in [0.15, 0.2) is 71.6 Å². The Labute approximate surface area is 172 Å². The van der Waals surface area contributed by atoms with Gasteiger partial charge in [-0.05, 0) is 60.7 Å². The van der Waals surface area contributed by atoms with E-state index in [1.807, 2.05) is 43.3 Å². The summed E-state index contributed by atoms with van der Waals surface area (Å²) < 4.78 is 0. The molecule has 0 saturated carbocycles. The summed E-state index contributed by atoms with van der Waals surface area (Å²) in [6, 6.07) is 22.6. The normalized spacial score (nSPS) is 10.9. The Morgan fingerprint density at radius 2 is 1.61 bits per heavy atom. The molecule has 0 radical (unpaired) electrons. The Morgan fingerprint density at radius 1 is 0.929 bits per heavy atom. The highest BCUT2D eigenvalue weighted by molar-refractivity contribution is 7.98. The van der Waals surface area contributed by atoms with Crippen LogP contribution in [-0.2, 0) is 5.75 Å². The fourth-order valence-corrected chi connectivity index (χ4v) is 3.94. The van der Waals surface area contributed by atoms with Gasteiger partial charge in [0.1, 0.15) is 0 Å². The third kappa shape index (κ3) is 5.05. The fourth-order valence-electron chi connectivity index (χ4n) is 3.08. The number of hydrogen-bond donors (Lipinski definition) is 1. The monoisotopic (exact) mass is 389 g/mol. The average Bonchev–Trinajstić information content (AvgIpc) is 2.69. The predicted molar refractivity (Wildman–Crippen MR) is 120 cm³/mol. The van der Waals surface area contributed by atoms with Crippen molar-refractivity contribution < 1.29 is 4.79 Å². The molecule has 0 saturated heterocycles. The van der Waals surface area contributed by atoms with E-state index < -0.39 is 0 Å². The molecule has 3 aromatic rings. The number of anilines is 1. The van der Waals surface area contributed by atoms with Crippen molar-refractivity contribution in [3.05, 3.63) is 94.5 Å². The highest BCUT2D eigenvalue weighted by Gasteiger charge is 2.13. The van der Waals surface area contributed by atoms with Crippen LogP contribution in [0, 0.1) is 13.8 Å². The quantitative estimate of drug-likeness (QED) is 0.461. The number of aryl methyl sites for hydroxylation is 2. The molecule has 1 N–H and O–H groups in total. The molecule has 0 aliphatic heterocycles. The van der Waals surface area contributed by atoms with Gasteiger partial charge in [0.05, 0.1) is 0 Å². The van der Waals surface area contributed by atoms with E-state index in [1.54, 1.807) is 11.8 Å². The summed E-state index contributed by atoms with van der Waals surface area (Å²) in [5.74, 6) is 1.19. The van der Waals surface area contributed by atoms with E-state index in [4.69, 9.17) is 0 Å². The van der Waals surface area contributed by atoms with Gasteiger partial charge in [0.25, 0.3) is 5.91 Å². The SMILES string of the molecule is Cc1ccc(SCc2ccc(C(=O)Nc3c(C)cccc3C(C)C)cc2)cc1. The summed E-state index contributed by atoms with van der Waals surface area (Å²) in [7, 11) is 0. The van der Waals surface area contributed by atoms with Crippen LogP contribution in [0.5, 0.6) is 0 Å². The molecule has 3 aromatic carbocycles. The first-order valence-corrected chi connectivity index (χ1v) is 10.6. The molecule has 0 bridgehead atoms. The number of para-hydroxylation sites is 1. The van der Waals surface area contributed by atoms with Crippen LogP contribution in [0.1, 0.15) is 52.4 Å². The van der Waals surface area contributed by atoms with Crippen LogP contribution in [0.2, 0.25) is 0 Å². The summed E-state index contributed by atoms with van der Waals surface area (Å²) in [6.07, 6.45) is 0. The number of hydrogen-bond acceptors (Lipinski definition) is 2. The third-order valence-electron chi connectivity index (χ3n) is 4.81. The smallest absolute Gasteiger partial charge is 0.255 e. The number of thioether (sulfide) groups is 1. The summed E-state index contributed by atoms with van der Waals surface area (Å²) in [5, 5.41) is 3.11. The van der Waals surface area contributed by atoms with Crippen molar-refractivity contribution in [2.24, 2.45) is 0 Å². The molecule has 0 unspecified atom stereocenters. The van der Waals surface area contributed by atoms with Gasteiger partial charge in [0.15, 0.2) is 0 Å². The maximum Gasteiger partial charge on any atom is 0.255 e. The van der Waals surface area contributed by atoms with Crippen LogP contribution in [-0.4, -0.2) is 5.91 Å². The van der Waals surface area contributed by atoms with Gasteiger partial charge in [-0.25, -0.2) is 0 Å². The van der Waals surface area contributed by atoms with Gasteiger partial charge < -0.3 is 5.32 Å². The lowest BCUT2D eigenvalue weighted by Gasteiger charge is -2.16. The van der Waals surface area contributed by atoms with Gasteiger partial charge in [-0.2, -0.15) is 0 Å². The Balaban J connectivity index is 1.66. The van der Waals surface area contributed by atoms with Crippen LogP contribution in [0.3, 0.4) is 0 Å². The summed E-state index contributed by atoms with van der Waals surface area (Å²) >= 11 is 1.81. The second kappa shape index (κ2) is 9.11. The van der Waals surface area contributed by atoms with Crippen molar-refractivity contribution in [2.75, 3.05) is 5.32 Å². The Kier molecular flexibility index (Phi) is 6.58. The molecule has 0 aliphatic rings. The Hall–Kier alpha value is -2.52. The van der Waals surface area contributed by atoms with Crippen LogP contribution in [0.4, 0.5) is 5.69 Å². The number of amides is 1. The third-order valence-corrected chi connectivity index (χ3v) is 5.89. The molecule has 2 nitrogen and oxygen atoms in total. The zero-order valence-electron chi connectivity index (χ0n) is 17.0. The fraction of sp³-hybridized carbons (Fsp3) is 0.240. The van der Waals surface area contributed by atoms with E-state index in [0.717, 1.165) is 17.0 Å². The minimum Gasteiger partial charge on any atom is -0.321 e. The van der Waals surface area contributed by atoms with Crippen LogP contribution < -0.4 is 5.32 Å².